The van der Waals surface area contributed by atoms with Gasteiger partial charge in [-0.1, -0.05) is 154 Å². The van der Waals surface area contributed by atoms with Crippen molar-refractivity contribution in [2.24, 2.45) is 0 Å². The lowest BCUT2D eigenvalue weighted by Crippen LogP contribution is -2.60. The second-order valence-electron chi connectivity index (χ2n) is 15.3. The summed E-state index contributed by atoms with van der Waals surface area (Å²) in [6.45, 7) is 3.98. The molecule has 1 rings (SSSR count). The molecule has 0 aromatic rings. The predicted molar refractivity (Wildman–Crippen MR) is 216 cm³/mol. The van der Waals surface area contributed by atoms with E-state index in [1.165, 1.54) is 116 Å². The highest BCUT2D eigenvalue weighted by Gasteiger charge is 2.48. The fourth-order valence-corrected chi connectivity index (χ4v) is 7.29. The van der Waals surface area contributed by atoms with Crippen LogP contribution in [-0.2, 0) is 38.3 Å². The van der Waals surface area contributed by atoms with Crippen LogP contribution >= 0.6 is 0 Å². The summed E-state index contributed by atoms with van der Waals surface area (Å²) in [5, 5.41) is 30.6. The summed E-state index contributed by atoms with van der Waals surface area (Å²) in [5.74, 6) is -0.402. The number of aliphatic hydroxyl groups excluding tert-OH is 3. The van der Waals surface area contributed by atoms with Crippen LogP contribution in [-0.4, -0.2) is 97.5 Å². The largest absolute Gasteiger partial charge is 0.457 e. The highest BCUT2D eigenvalue weighted by Crippen LogP contribution is 2.26. The molecule has 0 spiro atoms. The van der Waals surface area contributed by atoms with E-state index in [9.17, 15) is 28.5 Å². The summed E-state index contributed by atoms with van der Waals surface area (Å²) in [6, 6.07) is 0. The van der Waals surface area contributed by atoms with Crippen molar-refractivity contribution in [3.05, 3.63) is 12.2 Å². The Hall–Kier alpha value is -1.16. The molecule has 6 atom stereocenters. The van der Waals surface area contributed by atoms with Crippen molar-refractivity contribution in [2.45, 2.75) is 224 Å². The Morgan fingerprint density at radius 2 is 1.15 bits per heavy atom. The number of esters is 1. The number of aliphatic hydroxyl groups is 3. The molecule has 0 radical (unpaired) electrons. The van der Waals surface area contributed by atoms with E-state index in [0.29, 0.717) is 13.0 Å². The van der Waals surface area contributed by atoms with Gasteiger partial charge in [-0.05, 0) is 38.5 Å². The van der Waals surface area contributed by atoms with Gasteiger partial charge in [0.25, 0.3) is 0 Å². The summed E-state index contributed by atoms with van der Waals surface area (Å²) in [6.07, 6.45) is 26.7. The van der Waals surface area contributed by atoms with E-state index in [2.05, 4.69) is 30.2 Å². The third-order valence-corrected chi connectivity index (χ3v) is 10.6. The molecule has 0 aliphatic carbocycles. The maximum absolute atomic E-state index is 12.8. The zero-order valence-electron chi connectivity index (χ0n) is 34.5. The summed E-state index contributed by atoms with van der Waals surface area (Å²) < 4.78 is 58.9. The molecular formula is C42H80O12S. The van der Waals surface area contributed by atoms with Crippen LogP contribution in [0.25, 0.3) is 0 Å². The Kier molecular flexibility index (Phi) is 32.9. The summed E-state index contributed by atoms with van der Waals surface area (Å²) >= 11 is 0. The molecule has 1 fully saturated rings. The minimum Gasteiger partial charge on any atom is -0.457 e. The lowest BCUT2D eigenvalue weighted by atomic mass is 9.99. The highest BCUT2D eigenvalue weighted by molar-refractivity contribution is 7.80. The normalized spacial score (nSPS) is 21.0. The number of ether oxygens (including phenoxy) is 4. The Morgan fingerprint density at radius 3 is 1.64 bits per heavy atom. The zero-order valence-corrected chi connectivity index (χ0v) is 35.3. The van der Waals surface area contributed by atoms with Gasteiger partial charge in [0.05, 0.1) is 19.8 Å². The molecule has 13 heteroatoms. The van der Waals surface area contributed by atoms with Crippen molar-refractivity contribution >= 4 is 16.4 Å². The maximum Gasteiger partial charge on any atom is 0.397 e. The Morgan fingerprint density at radius 1 is 0.673 bits per heavy atom. The van der Waals surface area contributed by atoms with Gasteiger partial charge in [0.1, 0.15) is 30.5 Å². The molecule has 6 unspecified atom stereocenters. The van der Waals surface area contributed by atoms with Crippen LogP contribution in [0.2, 0.25) is 0 Å². The number of carbonyl (C=O) groups is 1. The first-order valence-corrected chi connectivity index (χ1v) is 23.3. The van der Waals surface area contributed by atoms with Crippen molar-refractivity contribution in [3.8, 4) is 0 Å². The average Bonchev–Trinajstić information content (AvgIpc) is 3.15. The van der Waals surface area contributed by atoms with Gasteiger partial charge in [-0.2, -0.15) is 8.42 Å². The second kappa shape index (κ2) is 34.8. The van der Waals surface area contributed by atoms with Crippen LogP contribution in [0.5, 0.6) is 0 Å². The molecule has 55 heavy (non-hydrogen) atoms. The van der Waals surface area contributed by atoms with Gasteiger partial charge in [0, 0.05) is 13.0 Å². The van der Waals surface area contributed by atoms with Crippen LogP contribution in [0.3, 0.4) is 0 Å². The van der Waals surface area contributed by atoms with E-state index in [4.69, 9.17) is 23.5 Å². The van der Waals surface area contributed by atoms with Crippen LogP contribution in [0.15, 0.2) is 12.2 Å². The molecular weight excluding hydrogens is 729 g/mol. The summed E-state index contributed by atoms with van der Waals surface area (Å²) in [5.41, 5.74) is 0. The molecule has 1 saturated heterocycles. The maximum atomic E-state index is 12.8. The van der Waals surface area contributed by atoms with Crippen LogP contribution in [0.4, 0.5) is 0 Å². The predicted octanol–water partition coefficient (Wildman–Crippen LogP) is 8.69. The molecule has 1 heterocycles. The second-order valence-corrected chi connectivity index (χ2v) is 16.3. The quantitative estimate of drug-likeness (QED) is 0.0202. The first-order valence-electron chi connectivity index (χ1n) is 21.9. The van der Waals surface area contributed by atoms with Crippen molar-refractivity contribution in [1.82, 2.24) is 0 Å². The molecule has 1 aliphatic rings. The van der Waals surface area contributed by atoms with Crippen molar-refractivity contribution in [3.63, 3.8) is 0 Å². The highest BCUT2D eigenvalue weighted by atomic mass is 32.3. The average molecular weight is 809 g/mol. The molecule has 0 amide bonds. The molecule has 326 valence electrons. The van der Waals surface area contributed by atoms with Gasteiger partial charge < -0.3 is 34.3 Å². The monoisotopic (exact) mass is 809 g/mol. The van der Waals surface area contributed by atoms with Crippen LogP contribution in [0, 0.1) is 0 Å². The van der Waals surface area contributed by atoms with Crippen molar-refractivity contribution in [2.75, 3.05) is 26.4 Å². The van der Waals surface area contributed by atoms with Crippen LogP contribution < -0.4 is 0 Å². The SMILES string of the molecule is CCCCCCCC/C=C\CCCCCCCCCC(=O)OC(COCCCCCCCCCCCCC)COC1OC(CO)C(O)C(OS(=O)(=O)O)C1O. The lowest BCUT2D eigenvalue weighted by Gasteiger charge is -2.41. The number of hydrogen-bond donors (Lipinski definition) is 4. The molecule has 12 nitrogen and oxygen atoms in total. The molecule has 0 aromatic heterocycles. The van der Waals surface area contributed by atoms with Gasteiger partial charge in [0.15, 0.2) is 6.29 Å². The zero-order chi connectivity index (χ0) is 40.4. The third kappa shape index (κ3) is 28.8. The van der Waals surface area contributed by atoms with Crippen molar-refractivity contribution < 1.29 is 56.2 Å². The van der Waals surface area contributed by atoms with E-state index in [0.717, 1.165) is 44.9 Å². The Balaban J connectivity index is 2.43. The van der Waals surface area contributed by atoms with E-state index in [-0.39, 0.29) is 19.6 Å². The Labute approximate surface area is 334 Å². The minimum atomic E-state index is -5.05. The number of rotatable bonds is 38. The number of allylic oxidation sites excluding steroid dienone is 2. The van der Waals surface area contributed by atoms with E-state index in [1.54, 1.807) is 0 Å². The van der Waals surface area contributed by atoms with Crippen LogP contribution in [0.1, 0.15) is 187 Å². The first kappa shape index (κ1) is 51.9. The summed E-state index contributed by atoms with van der Waals surface area (Å²) in [7, 11) is -5.05. The third-order valence-electron chi connectivity index (χ3n) is 10.1. The first-order chi connectivity index (χ1) is 26.6. The Bertz CT molecular complexity index is 1030. The van der Waals surface area contributed by atoms with Gasteiger partial charge in [-0.3, -0.25) is 9.35 Å². The molecule has 1 aliphatic heterocycles. The van der Waals surface area contributed by atoms with E-state index < -0.39 is 59.8 Å². The fraction of sp³-hybridized carbons (Fsp3) is 0.929. The van der Waals surface area contributed by atoms with Gasteiger partial charge in [-0.15, -0.1) is 0 Å². The van der Waals surface area contributed by atoms with E-state index >= 15 is 0 Å². The van der Waals surface area contributed by atoms with Crippen molar-refractivity contribution in [1.29, 1.82) is 0 Å². The molecule has 0 saturated carbocycles. The van der Waals surface area contributed by atoms with Gasteiger partial charge >= 0.3 is 16.4 Å². The standard InChI is InChI=1S/C42H80O12S/c1-3-5-7-9-11-13-15-16-17-18-19-20-21-23-25-27-29-31-38(44)52-36(34-50-32-30-28-26-24-22-14-12-10-8-6-4-2)35-51-42-40(46)41(54-55(47,48)49)39(45)37(33-43)53-42/h16-17,36-37,39-43,45-46H,3-15,18-35H2,1-2H3,(H,47,48,49)/b17-16-. The van der Waals surface area contributed by atoms with Gasteiger partial charge in [0.2, 0.25) is 0 Å². The topological polar surface area (TPSA) is 178 Å². The minimum absolute atomic E-state index is 0.0392. The number of unbranched alkanes of at least 4 members (excludes halogenated alkanes) is 23. The number of hydrogen-bond acceptors (Lipinski definition) is 11. The van der Waals surface area contributed by atoms with Gasteiger partial charge in [-0.25, -0.2) is 4.18 Å². The molecule has 0 aromatic carbocycles. The summed E-state index contributed by atoms with van der Waals surface area (Å²) in [4.78, 5) is 12.8. The smallest absolute Gasteiger partial charge is 0.397 e. The number of carbonyl (C=O) groups excluding carboxylic acids is 1. The fourth-order valence-electron chi connectivity index (χ4n) is 6.78. The molecule has 0 bridgehead atoms. The molecule has 4 N–H and O–H groups in total. The lowest BCUT2D eigenvalue weighted by molar-refractivity contribution is -0.301. The van der Waals surface area contributed by atoms with E-state index in [1.807, 2.05) is 0 Å².